The van der Waals surface area contributed by atoms with Gasteiger partial charge < -0.3 is 14.8 Å². The van der Waals surface area contributed by atoms with Crippen molar-refractivity contribution >= 4 is 12.2 Å². The number of nitrogens with one attached hydrogen (secondary N) is 1. The van der Waals surface area contributed by atoms with Crippen LogP contribution in [0.2, 0.25) is 0 Å². The fourth-order valence-electron chi connectivity index (χ4n) is 2.07. The summed E-state index contributed by atoms with van der Waals surface area (Å²) < 4.78 is 23.3. The standard InChI is InChI=1S/C18H18FNO4/c1-23-17-10-14(11-21)4-7-16(17)24-12-18(22)20-9-8-13-2-5-15(19)6-3-13/h2-7,10-11H,8-9,12H2,1H3,(H,20,22). The third-order valence-corrected chi connectivity index (χ3v) is 3.33. The Morgan fingerprint density at radius 1 is 1.17 bits per heavy atom. The molecule has 1 N–H and O–H groups in total. The van der Waals surface area contributed by atoms with Crippen molar-refractivity contribution in [2.24, 2.45) is 0 Å². The molecule has 0 spiro atoms. The van der Waals surface area contributed by atoms with Crippen LogP contribution in [0.1, 0.15) is 15.9 Å². The van der Waals surface area contributed by atoms with Gasteiger partial charge in [0, 0.05) is 12.1 Å². The van der Waals surface area contributed by atoms with Crippen LogP contribution in [0, 0.1) is 5.82 Å². The van der Waals surface area contributed by atoms with E-state index in [1.54, 1.807) is 24.3 Å². The first-order valence-electron chi connectivity index (χ1n) is 7.39. The van der Waals surface area contributed by atoms with Gasteiger partial charge in [0.05, 0.1) is 7.11 Å². The maximum Gasteiger partial charge on any atom is 0.257 e. The minimum atomic E-state index is -0.286. The lowest BCUT2D eigenvalue weighted by Gasteiger charge is -2.11. The molecule has 126 valence electrons. The summed E-state index contributed by atoms with van der Waals surface area (Å²) in [4.78, 5) is 22.5. The van der Waals surface area contributed by atoms with Crippen molar-refractivity contribution in [2.45, 2.75) is 6.42 Å². The molecule has 0 saturated carbocycles. The highest BCUT2D eigenvalue weighted by Gasteiger charge is 2.08. The summed E-state index contributed by atoms with van der Waals surface area (Å²) in [6.07, 6.45) is 1.30. The van der Waals surface area contributed by atoms with Crippen molar-refractivity contribution in [2.75, 3.05) is 20.3 Å². The van der Waals surface area contributed by atoms with E-state index in [1.165, 1.54) is 25.3 Å². The molecule has 0 radical (unpaired) electrons. The van der Waals surface area contributed by atoms with Crippen molar-refractivity contribution in [1.29, 1.82) is 0 Å². The Morgan fingerprint density at radius 2 is 1.92 bits per heavy atom. The average molecular weight is 331 g/mol. The van der Waals surface area contributed by atoms with E-state index in [9.17, 15) is 14.0 Å². The van der Waals surface area contributed by atoms with E-state index < -0.39 is 0 Å². The van der Waals surface area contributed by atoms with Crippen LogP contribution in [-0.4, -0.2) is 32.5 Å². The molecule has 0 heterocycles. The summed E-state index contributed by atoms with van der Waals surface area (Å²) in [6, 6.07) is 10.8. The summed E-state index contributed by atoms with van der Waals surface area (Å²) in [7, 11) is 1.46. The van der Waals surface area contributed by atoms with E-state index >= 15 is 0 Å². The first kappa shape index (κ1) is 17.5. The SMILES string of the molecule is COc1cc(C=O)ccc1OCC(=O)NCCc1ccc(F)cc1. The molecule has 0 fully saturated rings. The molecule has 2 aromatic carbocycles. The van der Waals surface area contributed by atoms with E-state index in [4.69, 9.17) is 9.47 Å². The Hall–Kier alpha value is -2.89. The van der Waals surface area contributed by atoms with Gasteiger partial charge in [0.2, 0.25) is 0 Å². The number of halogens is 1. The quantitative estimate of drug-likeness (QED) is 0.754. The Morgan fingerprint density at radius 3 is 2.58 bits per heavy atom. The molecule has 0 aromatic heterocycles. The molecule has 6 heteroatoms. The molecule has 5 nitrogen and oxygen atoms in total. The van der Waals surface area contributed by atoms with Gasteiger partial charge in [-0.2, -0.15) is 0 Å². The number of benzene rings is 2. The van der Waals surface area contributed by atoms with E-state index in [1.807, 2.05) is 0 Å². The number of methoxy groups -OCH3 is 1. The molecule has 0 aliphatic rings. The Bertz CT molecular complexity index is 701. The number of carbonyl (C=O) groups excluding carboxylic acids is 2. The fraction of sp³-hybridized carbons (Fsp3) is 0.222. The number of hydrogen-bond acceptors (Lipinski definition) is 4. The lowest BCUT2D eigenvalue weighted by molar-refractivity contribution is -0.123. The fourth-order valence-corrected chi connectivity index (χ4v) is 2.07. The van der Waals surface area contributed by atoms with E-state index in [0.717, 1.165) is 5.56 Å². The third kappa shape index (κ3) is 5.08. The maximum absolute atomic E-state index is 12.8. The van der Waals surface area contributed by atoms with Gasteiger partial charge in [-0.25, -0.2) is 4.39 Å². The maximum atomic E-state index is 12.8. The number of amides is 1. The van der Waals surface area contributed by atoms with Crippen LogP contribution in [0.5, 0.6) is 11.5 Å². The van der Waals surface area contributed by atoms with Gasteiger partial charge in [-0.05, 0) is 42.3 Å². The molecule has 0 saturated heterocycles. The molecule has 0 unspecified atom stereocenters. The molecule has 0 bridgehead atoms. The minimum absolute atomic E-state index is 0.166. The van der Waals surface area contributed by atoms with Crippen LogP contribution in [0.15, 0.2) is 42.5 Å². The number of carbonyl (C=O) groups is 2. The summed E-state index contributed by atoms with van der Waals surface area (Å²) in [5.74, 6) is 0.208. The van der Waals surface area contributed by atoms with Crippen LogP contribution in [0.25, 0.3) is 0 Å². The number of hydrogen-bond donors (Lipinski definition) is 1. The predicted molar refractivity (Wildman–Crippen MR) is 87.0 cm³/mol. The third-order valence-electron chi connectivity index (χ3n) is 3.33. The van der Waals surface area contributed by atoms with Crippen LogP contribution >= 0.6 is 0 Å². The Balaban J connectivity index is 1.78. The zero-order chi connectivity index (χ0) is 17.4. The van der Waals surface area contributed by atoms with Gasteiger partial charge in [0.25, 0.3) is 5.91 Å². The topological polar surface area (TPSA) is 64.6 Å². The second-order valence-electron chi connectivity index (χ2n) is 5.04. The largest absolute Gasteiger partial charge is 0.493 e. The van der Waals surface area contributed by atoms with Crippen LogP contribution in [0.3, 0.4) is 0 Å². The molecule has 0 atom stereocenters. The molecular weight excluding hydrogens is 313 g/mol. The molecule has 2 rings (SSSR count). The van der Waals surface area contributed by atoms with Gasteiger partial charge in [-0.15, -0.1) is 0 Å². The van der Waals surface area contributed by atoms with Crippen molar-refractivity contribution in [1.82, 2.24) is 5.32 Å². The van der Waals surface area contributed by atoms with Crippen molar-refractivity contribution in [3.63, 3.8) is 0 Å². The lowest BCUT2D eigenvalue weighted by atomic mass is 10.1. The van der Waals surface area contributed by atoms with Gasteiger partial charge in [-0.1, -0.05) is 12.1 Å². The molecule has 0 aliphatic carbocycles. The summed E-state index contributed by atoms with van der Waals surface area (Å²) >= 11 is 0. The molecule has 2 aromatic rings. The average Bonchev–Trinajstić information content (AvgIpc) is 2.61. The summed E-state index contributed by atoms with van der Waals surface area (Å²) in [5, 5.41) is 2.72. The molecule has 0 aliphatic heterocycles. The normalized spacial score (nSPS) is 10.1. The summed E-state index contributed by atoms with van der Waals surface area (Å²) in [5.41, 5.74) is 1.40. The van der Waals surface area contributed by atoms with E-state index in [0.29, 0.717) is 36.3 Å². The summed E-state index contributed by atoms with van der Waals surface area (Å²) in [6.45, 7) is 0.259. The van der Waals surface area contributed by atoms with Gasteiger partial charge in [0.1, 0.15) is 12.1 Å². The van der Waals surface area contributed by atoms with Crippen LogP contribution < -0.4 is 14.8 Å². The number of ether oxygens (including phenoxy) is 2. The minimum Gasteiger partial charge on any atom is -0.493 e. The number of rotatable bonds is 8. The predicted octanol–water partition coefficient (Wildman–Crippen LogP) is 2.38. The van der Waals surface area contributed by atoms with Crippen molar-refractivity contribution < 1.29 is 23.5 Å². The van der Waals surface area contributed by atoms with Crippen molar-refractivity contribution in [3.05, 3.63) is 59.4 Å². The highest BCUT2D eigenvalue weighted by molar-refractivity contribution is 5.78. The smallest absolute Gasteiger partial charge is 0.257 e. The molecule has 24 heavy (non-hydrogen) atoms. The highest BCUT2D eigenvalue weighted by Crippen LogP contribution is 2.27. The molecule has 1 amide bonds. The van der Waals surface area contributed by atoms with E-state index in [2.05, 4.69) is 5.32 Å². The highest BCUT2D eigenvalue weighted by atomic mass is 19.1. The number of aldehydes is 1. The first-order chi connectivity index (χ1) is 11.6. The van der Waals surface area contributed by atoms with E-state index in [-0.39, 0.29) is 18.3 Å². The second kappa shape index (κ2) is 8.67. The van der Waals surface area contributed by atoms with Gasteiger partial charge >= 0.3 is 0 Å². The zero-order valence-electron chi connectivity index (χ0n) is 13.3. The second-order valence-corrected chi connectivity index (χ2v) is 5.04. The van der Waals surface area contributed by atoms with Gasteiger partial charge in [0.15, 0.2) is 18.1 Å². The monoisotopic (exact) mass is 331 g/mol. The Kier molecular flexibility index (Phi) is 6.31. The van der Waals surface area contributed by atoms with Crippen LogP contribution in [-0.2, 0) is 11.2 Å². The zero-order valence-corrected chi connectivity index (χ0v) is 13.3. The molecular formula is C18H18FNO4. The lowest BCUT2D eigenvalue weighted by Crippen LogP contribution is -2.30. The van der Waals surface area contributed by atoms with Crippen LogP contribution in [0.4, 0.5) is 4.39 Å². The first-order valence-corrected chi connectivity index (χ1v) is 7.39. The van der Waals surface area contributed by atoms with Gasteiger partial charge in [-0.3, -0.25) is 9.59 Å². The van der Waals surface area contributed by atoms with Crippen molar-refractivity contribution in [3.8, 4) is 11.5 Å². The Labute approximate surface area is 139 Å².